The minimum atomic E-state index is 0.669. The molecule has 0 aliphatic carbocycles. The maximum Gasteiger partial charge on any atom is 0.165 e. The molecule has 3 rings (SSSR count). The predicted octanol–water partition coefficient (Wildman–Crippen LogP) is 1.99. The zero-order chi connectivity index (χ0) is 7.26. The van der Waals surface area contributed by atoms with Crippen LogP contribution in [0.25, 0.3) is 10.9 Å². The standard InChI is InChI=1S/C9H7NO/c1-2-7-4-5-10-6-11-8(3-1)9(7)10/h1-5H,6H2. The van der Waals surface area contributed by atoms with Crippen molar-refractivity contribution in [1.82, 2.24) is 4.57 Å². The summed E-state index contributed by atoms with van der Waals surface area (Å²) in [5.41, 5.74) is 1.23. The van der Waals surface area contributed by atoms with E-state index in [1.807, 2.05) is 12.1 Å². The van der Waals surface area contributed by atoms with E-state index in [4.69, 9.17) is 4.74 Å². The molecule has 0 radical (unpaired) electrons. The fourth-order valence-corrected chi connectivity index (χ4v) is 1.59. The van der Waals surface area contributed by atoms with E-state index in [2.05, 4.69) is 22.9 Å². The molecule has 54 valence electrons. The van der Waals surface area contributed by atoms with Crippen LogP contribution >= 0.6 is 0 Å². The zero-order valence-corrected chi connectivity index (χ0v) is 5.95. The summed E-state index contributed by atoms with van der Waals surface area (Å²) < 4.78 is 7.53. The number of para-hydroxylation sites is 1. The highest BCUT2D eigenvalue weighted by molar-refractivity contribution is 5.86. The van der Waals surface area contributed by atoms with E-state index >= 15 is 0 Å². The van der Waals surface area contributed by atoms with Gasteiger partial charge in [-0.05, 0) is 12.1 Å². The van der Waals surface area contributed by atoms with Crippen LogP contribution in [-0.2, 0) is 6.73 Å². The van der Waals surface area contributed by atoms with Crippen LogP contribution in [0.4, 0.5) is 0 Å². The van der Waals surface area contributed by atoms with Crippen molar-refractivity contribution >= 4 is 10.9 Å². The molecule has 0 unspecified atom stereocenters. The van der Waals surface area contributed by atoms with Crippen molar-refractivity contribution in [1.29, 1.82) is 0 Å². The highest BCUT2D eigenvalue weighted by Gasteiger charge is 2.12. The second-order valence-electron chi connectivity index (χ2n) is 2.75. The minimum Gasteiger partial charge on any atom is -0.471 e. The Morgan fingerprint density at radius 2 is 2.27 bits per heavy atom. The first-order chi connectivity index (χ1) is 5.45. The van der Waals surface area contributed by atoms with E-state index in [0.717, 1.165) is 5.75 Å². The number of aromatic nitrogens is 1. The Hall–Kier alpha value is -1.44. The van der Waals surface area contributed by atoms with Crippen LogP contribution < -0.4 is 4.74 Å². The topological polar surface area (TPSA) is 14.2 Å². The molecular weight excluding hydrogens is 138 g/mol. The Morgan fingerprint density at radius 1 is 1.27 bits per heavy atom. The van der Waals surface area contributed by atoms with Gasteiger partial charge in [0.15, 0.2) is 6.73 Å². The van der Waals surface area contributed by atoms with Crippen molar-refractivity contribution in [3.8, 4) is 5.75 Å². The molecule has 0 bridgehead atoms. The second kappa shape index (κ2) is 1.59. The van der Waals surface area contributed by atoms with Gasteiger partial charge in [-0.1, -0.05) is 12.1 Å². The summed E-state index contributed by atoms with van der Waals surface area (Å²) in [6.07, 6.45) is 2.06. The molecule has 0 saturated carbocycles. The summed E-state index contributed by atoms with van der Waals surface area (Å²) in [5.74, 6) is 1.01. The molecule has 1 aliphatic heterocycles. The van der Waals surface area contributed by atoms with Crippen LogP contribution in [-0.4, -0.2) is 4.57 Å². The molecule has 0 atom stereocenters. The molecule has 1 aromatic heterocycles. The molecule has 2 aromatic rings. The molecule has 0 amide bonds. The normalized spacial score (nSPS) is 13.8. The SMILES string of the molecule is c1cc2c3c(c1)ccn3CO2. The number of hydrogen-bond acceptors (Lipinski definition) is 1. The maximum atomic E-state index is 5.42. The summed E-state index contributed by atoms with van der Waals surface area (Å²) in [6, 6.07) is 8.24. The third-order valence-corrected chi connectivity index (χ3v) is 2.11. The van der Waals surface area contributed by atoms with Crippen molar-refractivity contribution in [2.24, 2.45) is 0 Å². The van der Waals surface area contributed by atoms with Gasteiger partial charge in [0.1, 0.15) is 5.75 Å². The molecule has 11 heavy (non-hydrogen) atoms. The molecule has 0 N–H and O–H groups in total. The van der Waals surface area contributed by atoms with Crippen LogP contribution in [0.1, 0.15) is 0 Å². The van der Waals surface area contributed by atoms with Gasteiger partial charge >= 0.3 is 0 Å². The van der Waals surface area contributed by atoms with Crippen molar-refractivity contribution in [3.63, 3.8) is 0 Å². The number of hydrogen-bond donors (Lipinski definition) is 0. The Kier molecular flexibility index (Phi) is 0.756. The van der Waals surface area contributed by atoms with Crippen LogP contribution in [0, 0.1) is 0 Å². The van der Waals surface area contributed by atoms with Gasteiger partial charge in [-0.2, -0.15) is 0 Å². The molecule has 2 nitrogen and oxygen atoms in total. The van der Waals surface area contributed by atoms with Gasteiger partial charge in [-0.25, -0.2) is 0 Å². The second-order valence-corrected chi connectivity index (χ2v) is 2.75. The highest BCUT2D eigenvalue weighted by atomic mass is 16.5. The number of rotatable bonds is 0. The van der Waals surface area contributed by atoms with Gasteiger partial charge in [0, 0.05) is 11.6 Å². The monoisotopic (exact) mass is 145 g/mol. The molecular formula is C9H7NO. The van der Waals surface area contributed by atoms with E-state index in [0.29, 0.717) is 6.73 Å². The van der Waals surface area contributed by atoms with Gasteiger partial charge in [0.05, 0.1) is 5.52 Å². The lowest BCUT2D eigenvalue weighted by Crippen LogP contribution is -1.92. The molecule has 0 fully saturated rings. The lowest BCUT2D eigenvalue weighted by molar-refractivity contribution is 0.270. The van der Waals surface area contributed by atoms with Gasteiger partial charge in [-0.3, -0.25) is 0 Å². The summed E-state index contributed by atoms with van der Waals surface area (Å²) in [5, 5.41) is 1.26. The predicted molar refractivity (Wildman–Crippen MR) is 42.6 cm³/mol. The molecule has 1 aliphatic rings. The molecule has 2 heterocycles. The Balaban J connectivity index is 2.61. The number of nitrogens with zero attached hydrogens (tertiary/aromatic N) is 1. The van der Waals surface area contributed by atoms with Gasteiger partial charge in [0.25, 0.3) is 0 Å². The minimum absolute atomic E-state index is 0.669. The summed E-state index contributed by atoms with van der Waals surface area (Å²) in [6.45, 7) is 0.669. The largest absolute Gasteiger partial charge is 0.471 e. The zero-order valence-electron chi connectivity index (χ0n) is 5.95. The molecule has 2 heteroatoms. The number of ether oxygens (including phenoxy) is 1. The lowest BCUT2D eigenvalue weighted by atomic mass is 10.2. The number of benzene rings is 1. The fraction of sp³-hybridized carbons (Fsp3) is 0.111. The summed E-state index contributed by atoms with van der Waals surface area (Å²) >= 11 is 0. The highest BCUT2D eigenvalue weighted by Crippen LogP contribution is 2.30. The van der Waals surface area contributed by atoms with Crippen molar-refractivity contribution in [2.45, 2.75) is 6.73 Å². The lowest BCUT2D eigenvalue weighted by Gasteiger charge is -1.93. The van der Waals surface area contributed by atoms with Crippen LogP contribution in [0.15, 0.2) is 30.5 Å². The van der Waals surface area contributed by atoms with Gasteiger partial charge in [-0.15, -0.1) is 0 Å². The van der Waals surface area contributed by atoms with E-state index in [1.54, 1.807) is 0 Å². The maximum absolute atomic E-state index is 5.42. The quantitative estimate of drug-likeness (QED) is 0.553. The van der Waals surface area contributed by atoms with E-state index < -0.39 is 0 Å². The Morgan fingerprint density at radius 3 is 3.27 bits per heavy atom. The van der Waals surface area contributed by atoms with Crippen molar-refractivity contribution < 1.29 is 4.74 Å². The van der Waals surface area contributed by atoms with Gasteiger partial charge < -0.3 is 9.30 Å². The first-order valence-corrected chi connectivity index (χ1v) is 3.66. The first-order valence-electron chi connectivity index (χ1n) is 3.66. The average Bonchev–Trinajstić information content (AvgIpc) is 2.60. The summed E-state index contributed by atoms with van der Waals surface area (Å²) in [7, 11) is 0. The van der Waals surface area contributed by atoms with Gasteiger partial charge in [0.2, 0.25) is 0 Å². The third kappa shape index (κ3) is 0.522. The Bertz CT molecular complexity index is 416. The average molecular weight is 145 g/mol. The van der Waals surface area contributed by atoms with Crippen LogP contribution in [0.3, 0.4) is 0 Å². The third-order valence-electron chi connectivity index (χ3n) is 2.11. The van der Waals surface area contributed by atoms with Crippen molar-refractivity contribution in [3.05, 3.63) is 30.5 Å². The summed E-state index contributed by atoms with van der Waals surface area (Å²) in [4.78, 5) is 0. The van der Waals surface area contributed by atoms with Crippen LogP contribution in [0.5, 0.6) is 5.75 Å². The van der Waals surface area contributed by atoms with E-state index in [1.165, 1.54) is 10.9 Å². The smallest absolute Gasteiger partial charge is 0.165 e. The molecule has 0 spiro atoms. The molecule has 1 aromatic carbocycles. The molecule has 0 saturated heterocycles. The van der Waals surface area contributed by atoms with Crippen LogP contribution in [0.2, 0.25) is 0 Å². The first kappa shape index (κ1) is 5.24. The van der Waals surface area contributed by atoms with E-state index in [-0.39, 0.29) is 0 Å². The fourth-order valence-electron chi connectivity index (χ4n) is 1.59. The van der Waals surface area contributed by atoms with Crippen molar-refractivity contribution in [2.75, 3.05) is 0 Å². The van der Waals surface area contributed by atoms with E-state index in [9.17, 15) is 0 Å². The Labute approximate surface area is 64.0 Å².